The number of hydrogen-bond acceptors (Lipinski definition) is 3. The average Bonchev–Trinajstić information content (AvgIpc) is 2.91. The molecule has 0 spiro atoms. The van der Waals surface area contributed by atoms with Crippen LogP contribution >= 0.6 is 0 Å². The summed E-state index contributed by atoms with van der Waals surface area (Å²) in [4.78, 5) is 4.20. The van der Waals surface area contributed by atoms with Gasteiger partial charge in [-0.15, -0.1) is 0 Å². The van der Waals surface area contributed by atoms with Crippen LogP contribution in [0.4, 0.5) is 0 Å². The monoisotopic (exact) mass is 233 g/mol. The Bertz CT molecular complexity index is 431. The van der Waals surface area contributed by atoms with Crippen LogP contribution in [0.3, 0.4) is 0 Å². The van der Waals surface area contributed by atoms with Crippen molar-refractivity contribution < 1.29 is 0 Å². The van der Waals surface area contributed by atoms with Crippen LogP contribution < -0.4 is 5.32 Å². The third-order valence-electron chi connectivity index (χ3n) is 2.79. The molecule has 1 atom stereocenters. The normalized spacial score (nSPS) is 12.8. The highest BCUT2D eigenvalue weighted by Crippen LogP contribution is 1.95. The Hall–Kier alpha value is -1.62. The maximum Gasteiger partial charge on any atom is 0.105 e. The Morgan fingerprint density at radius 2 is 2.24 bits per heavy atom. The summed E-state index contributed by atoms with van der Waals surface area (Å²) in [5, 5.41) is 7.67. The van der Waals surface area contributed by atoms with E-state index in [-0.39, 0.29) is 0 Å². The first-order valence-electron chi connectivity index (χ1n) is 5.94. The van der Waals surface area contributed by atoms with Crippen LogP contribution in [0.2, 0.25) is 0 Å². The molecule has 5 heteroatoms. The number of hydrogen-bond donors (Lipinski definition) is 1. The Labute approximate surface area is 101 Å². The summed E-state index contributed by atoms with van der Waals surface area (Å²) >= 11 is 0. The van der Waals surface area contributed by atoms with Crippen molar-refractivity contribution in [1.29, 1.82) is 0 Å². The zero-order valence-electron chi connectivity index (χ0n) is 10.4. The molecule has 0 fully saturated rings. The Morgan fingerprint density at radius 1 is 1.35 bits per heavy atom. The lowest BCUT2D eigenvalue weighted by atomic mass is 10.3. The molecule has 0 aliphatic heterocycles. The first-order chi connectivity index (χ1) is 8.25. The summed E-state index contributed by atoms with van der Waals surface area (Å²) in [6.45, 7) is 6.99. The van der Waals surface area contributed by atoms with Gasteiger partial charge in [0.25, 0.3) is 0 Å². The zero-order valence-corrected chi connectivity index (χ0v) is 10.4. The van der Waals surface area contributed by atoms with E-state index in [4.69, 9.17) is 0 Å². The molecule has 0 bridgehead atoms. The number of imidazole rings is 1. The van der Waals surface area contributed by atoms with Gasteiger partial charge in [0.1, 0.15) is 5.82 Å². The second-order valence-electron chi connectivity index (χ2n) is 4.25. The van der Waals surface area contributed by atoms with Gasteiger partial charge >= 0.3 is 0 Å². The van der Waals surface area contributed by atoms with Crippen LogP contribution in [0, 0.1) is 6.92 Å². The first kappa shape index (κ1) is 11.9. The lowest BCUT2D eigenvalue weighted by Gasteiger charge is -2.14. The maximum absolute atomic E-state index is 4.20. The summed E-state index contributed by atoms with van der Waals surface area (Å²) in [5.74, 6) is 1.06. The second-order valence-corrected chi connectivity index (χ2v) is 4.25. The van der Waals surface area contributed by atoms with E-state index in [1.807, 2.05) is 42.5 Å². The summed E-state index contributed by atoms with van der Waals surface area (Å²) in [5.41, 5.74) is 0. The molecule has 0 saturated heterocycles. The van der Waals surface area contributed by atoms with Crippen LogP contribution in [-0.2, 0) is 13.1 Å². The molecule has 5 nitrogen and oxygen atoms in total. The summed E-state index contributed by atoms with van der Waals surface area (Å²) < 4.78 is 4.09. The smallest absolute Gasteiger partial charge is 0.105 e. The second kappa shape index (κ2) is 5.63. The SMILES string of the molecule is Cc1nccn1CCNC(C)Cn1cccn1. The van der Waals surface area contributed by atoms with Gasteiger partial charge in [-0.2, -0.15) is 5.10 Å². The summed E-state index contributed by atoms with van der Waals surface area (Å²) in [6, 6.07) is 2.36. The molecule has 0 saturated carbocycles. The minimum Gasteiger partial charge on any atom is -0.334 e. The molecule has 1 N–H and O–H groups in total. The van der Waals surface area contributed by atoms with Gasteiger partial charge in [-0.1, -0.05) is 0 Å². The lowest BCUT2D eigenvalue weighted by molar-refractivity contribution is 0.438. The topological polar surface area (TPSA) is 47.7 Å². The minimum atomic E-state index is 0.415. The molecule has 92 valence electrons. The van der Waals surface area contributed by atoms with E-state index in [1.54, 1.807) is 0 Å². The van der Waals surface area contributed by atoms with E-state index < -0.39 is 0 Å². The van der Waals surface area contributed by atoms with Gasteiger partial charge in [0.2, 0.25) is 0 Å². The highest BCUT2D eigenvalue weighted by molar-refractivity contribution is 4.88. The Morgan fingerprint density at radius 3 is 2.88 bits per heavy atom. The first-order valence-corrected chi connectivity index (χ1v) is 5.94. The molecular formula is C12H19N5. The largest absolute Gasteiger partial charge is 0.334 e. The van der Waals surface area contributed by atoms with Crippen LogP contribution in [0.1, 0.15) is 12.7 Å². The van der Waals surface area contributed by atoms with Crippen molar-refractivity contribution >= 4 is 0 Å². The third kappa shape index (κ3) is 3.42. The van der Waals surface area contributed by atoms with Crippen molar-refractivity contribution in [1.82, 2.24) is 24.6 Å². The molecule has 2 aromatic heterocycles. The van der Waals surface area contributed by atoms with Crippen molar-refractivity contribution in [3.8, 4) is 0 Å². The maximum atomic E-state index is 4.20. The molecule has 0 aliphatic carbocycles. The van der Waals surface area contributed by atoms with Gasteiger partial charge in [0, 0.05) is 43.9 Å². The van der Waals surface area contributed by atoms with E-state index in [9.17, 15) is 0 Å². The van der Waals surface area contributed by atoms with Gasteiger partial charge in [0.15, 0.2) is 0 Å². The van der Waals surface area contributed by atoms with Gasteiger partial charge in [-0.3, -0.25) is 4.68 Å². The van der Waals surface area contributed by atoms with Crippen molar-refractivity contribution in [3.63, 3.8) is 0 Å². The van der Waals surface area contributed by atoms with Crippen LogP contribution in [0.25, 0.3) is 0 Å². The molecule has 1 unspecified atom stereocenters. The van der Waals surface area contributed by atoms with Crippen molar-refractivity contribution in [2.75, 3.05) is 6.54 Å². The predicted octanol–water partition coefficient (Wildman–Crippen LogP) is 1.07. The molecule has 2 heterocycles. The van der Waals surface area contributed by atoms with Gasteiger partial charge in [0.05, 0.1) is 6.54 Å². The number of rotatable bonds is 6. The van der Waals surface area contributed by atoms with Crippen LogP contribution in [-0.4, -0.2) is 31.9 Å². The van der Waals surface area contributed by atoms with Crippen LogP contribution in [0.5, 0.6) is 0 Å². The highest BCUT2D eigenvalue weighted by Gasteiger charge is 2.02. The van der Waals surface area contributed by atoms with Crippen molar-refractivity contribution in [2.24, 2.45) is 0 Å². The van der Waals surface area contributed by atoms with Crippen molar-refractivity contribution in [3.05, 3.63) is 36.7 Å². The van der Waals surface area contributed by atoms with E-state index >= 15 is 0 Å². The van der Waals surface area contributed by atoms with Gasteiger partial charge < -0.3 is 9.88 Å². The molecule has 0 radical (unpaired) electrons. The predicted molar refractivity (Wildman–Crippen MR) is 66.7 cm³/mol. The number of aryl methyl sites for hydroxylation is 1. The molecule has 2 aromatic rings. The molecule has 2 rings (SSSR count). The molecular weight excluding hydrogens is 214 g/mol. The Kier molecular flexibility index (Phi) is 3.93. The number of nitrogens with one attached hydrogen (secondary N) is 1. The average molecular weight is 233 g/mol. The van der Waals surface area contributed by atoms with E-state index in [1.165, 1.54) is 0 Å². The molecule has 17 heavy (non-hydrogen) atoms. The van der Waals surface area contributed by atoms with Crippen LogP contribution in [0.15, 0.2) is 30.9 Å². The summed E-state index contributed by atoms with van der Waals surface area (Å²) in [7, 11) is 0. The zero-order chi connectivity index (χ0) is 12.1. The highest BCUT2D eigenvalue weighted by atomic mass is 15.3. The summed E-state index contributed by atoms with van der Waals surface area (Å²) in [6.07, 6.45) is 7.64. The molecule has 0 aromatic carbocycles. The number of nitrogens with zero attached hydrogens (tertiary/aromatic N) is 4. The van der Waals surface area contributed by atoms with E-state index in [0.717, 1.165) is 25.5 Å². The lowest BCUT2D eigenvalue weighted by Crippen LogP contribution is -2.33. The Balaban J connectivity index is 1.70. The molecule has 0 aliphatic rings. The quantitative estimate of drug-likeness (QED) is 0.811. The van der Waals surface area contributed by atoms with E-state index in [0.29, 0.717) is 6.04 Å². The fourth-order valence-electron chi connectivity index (χ4n) is 1.83. The third-order valence-corrected chi connectivity index (χ3v) is 2.79. The molecule has 0 amide bonds. The van der Waals surface area contributed by atoms with Gasteiger partial charge in [-0.25, -0.2) is 4.98 Å². The fraction of sp³-hybridized carbons (Fsp3) is 0.500. The number of aromatic nitrogens is 4. The van der Waals surface area contributed by atoms with Crippen molar-refractivity contribution in [2.45, 2.75) is 33.0 Å². The van der Waals surface area contributed by atoms with Gasteiger partial charge in [-0.05, 0) is 19.9 Å². The van der Waals surface area contributed by atoms with E-state index in [2.05, 4.69) is 26.9 Å². The standard InChI is InChI=1S/C12H19N5/c1-11(10-17-7-3-4-15-17)13-5-8-16-9-6-14-12(16)2/h3-4,6-7,9,11,13H,5,8,10H2,1-2H3. The fourth-order valence-corrected chi connectivity index (χ4v) is 1.83. The minimum absolute atomic E-state index is 0.415.